The van der Waals surface area contributed by atoms with Crippen molar-refractivity contribution in [3.8, 4) is 0 Å². The standard InChI is InChI=1S/C16H36N.2C3H2S5.Ni/c1-5-9-13-17(14-10-6-2,15-11-7-3)16-12-8-4;2*4-1-2(5)8-3(6)7-1;/h5-16H2,1-4H3;2*4-5H;/q+1;;;+3/p-4. The van der Waals surface area contributed by atoms with Crippen LogP contribution in [-0.2, 0) is 67.0 Å². The van der Waals surface area contributed by atoms with Gasteiger partial charge in [-0.3, -0.25) is 0 Å². The Balaban J connectivity index is 0. The molecule has 0 saturated carbocycles. The van der Waals surface area contributed by atoms with Crippen molar-refractivity contribution in [3.63, 3.8) is 0 Å². The summed E-state index contributed by atoms with van der Waals surface area (Å²) in [6, 6.07) is 0. The predicted molar refractivity (Wildman–Crippen MR) is 168 cm³/mol. The van der Waals surface area contributed by atoms with E-state index in [-0.39, 0.29) is 16.5 Å². The summed E-state index contributed by atoms with van der Waals surface area (Å²) >= 11 is 34.6. The first-order valence-corrected chi connectivity index (χ1v) is 17.2. The average Bonchev–Trinajstić information content (AvgIpc) is 3.24. The van der Waals surface area contributed by atoms with Gasteiger partial charge >= 0.3 is 16.5 Å². The zero-order chi connectivity index (χ0) is 25.3. The van der Waals surface area contributed by atoms with Gasteiger partial charge in [-0.2, -0.15) is 0 Å². The molecule has 0 aromatic carbocycles. The topological polar surface area (TPSA) is 0 Å². The molecular formula is C22H36NNiS10. The number of nitrogens with zero attached hydrogens (tertiary/aromatic N) is 1. The average molecular weight is 694 g/mol. The van der Waals surface area contributed by atoms with E-state index in [0.29, 0.717) is 0 Å². The monoisotopic (exact) mass is 692 g/mol. The summed E-state index contributed by atoms with van der Waals surface area (Å²) in [5.41, 5.74) is 0. The zero-order valence-electron chi connectivity index (χ0n) is 20.3. The van der Waals surface area contributed by atoms with Crippen LogP contribution in [0.25, 0.3) is 0 Å². The first kappa shape index (κ1) is 38.0. The molecule has 0 unspecified atom stereocenters. The summed E-state index contributed by atoms with van der Waals surface area (Å²) in [5, 5.41) is 0. The van der Waals surface area contributed by atoms with Gasteiger partial charge in [0.2, 0.25) is 0 Å². The van der Waals surface area contributed by atoms with Crippen molar-refractivity contribution in [2.24, 2.45) is 0 Å². The van der Waals surface area contributed by atoms with Crippen molar-refractivity contribution in [2.45, 2.75) is 95.9 Å². The Morgan fingerprint density at radius 2 is 0.735 bits per heavy atom. The molecule has 0 saturated heterocycles. The summed E-state index contributed by atoms with van der Waals surface area (Å²) < 4.78 is 6.12. The van der Waals surface area contributed by atoms with Crippen LogP contribution in [0.2, 0.25) is 0 Å². The molecular weight excluding hydrogens is 658 g/mol. The number of hydrogen-bond acceptors (Lipinski definition) is 10. The van der Waals surface area contributed by atoms with E-state index in [9.17, 15) is 0 Å². The maximum absolute atomic E-state index is 4.83. The fourth-order valence-corrected chi connectivity index (χ4v) is 9.69. The van der Waals surface area contributed by atoms with Gasteiger partial charge in [0.25, 0.3) is 0 Å². The molecule has 199 valence electrons. The van der Waals surface area contributed by atoms with E-state index in [2.05, 4.69) is 27.7 Å². The van der Waals surface area contributed by atoms with Crippen molar-refractivity contribution in [2.75, 3.05) is 26.2 Å². The maximum Gasteiger partial charge on any atom is 3.00 e. The van der Waals surface area contributed by atoms with Gasteiger partial charge in [-0.15, -0.1) is 41.3 Å². The van der Waals surface area contributed by atoms with Crippen molar-refractivity contribution in [1.29, 1.82) is 0 Å². The molecule has 0 aliphatic carbocycles. The molecule has 2 aromatic rings. The molecule has 2 aromatic heterocycles. The SMILES string of the molecule is CCCC[N+](CCCC)(CCCC)CCCC.S=c1sc([S-])c([S-])s1.S=c1sc([S-])c([S-])s1.[Ni+3]. The van der Waals surface area contributed by atoms with E-state index in [1.807, 2.05) is 0 Å². The van der Waals surface area contributed by atoms with Gasteiger partial charge in [0, 0.05) is 0 Å². The minimum atomic E-state index is 0. The summed E-state index contributed by atoms with van der Waals surface area (Å²) in [4.78, 5) is 0. The van der Waals surface area contributed by atoms with Gasteiger partial charge in [0.1, 0.15) is 0 Å². The number of hydrogen-bond donors (Lipinski definition) is 0. The summed E-state index contributed by atoms with van der Waals surface area (Å²) in [7, 11) is 0. The molecule has 0 bridgehead atoms. The van der Waals surface area contributed by atoms with Crippen LogP contribution in [0.1, 0.15) is 79.1 Å². The molecule has 1 radical (unpaired) electrons. The third-order valence-electron chi connectivity index (χ3n) is 4.98. The maximum atomic E-state index is 4.83. The van der Waals surface area contributed by atoms with Gasteiger partial charge < -0.3 is 100 Å². The van der Waals surface area contributed by atoms with Crippen molar-refractivity contribution in [3.05, 3.63) is 6.28 Å². The second-order valence-corrected chi connectivity index (χ2v) is 16.8. The largest absolute Gasteiger partial charge is 3.00 e. The fraction of sp³-hybridized carbons (Fsp3) is 0.727. The van der Waals surface area contributed by atoms with Crippen LogP contribution in [0, 0.1) is 6.28 Å². The van der Waals surface area contributed by atoms with Gasteiger partial charge in [-0.1, -0.05) is 53.4 Å². The fourth-order valence-electron chi connectivity index (χ4n) is 3.16. The van der Waals surface area contributed by atoms with Crippen LogP contribution in [0.15, 0.2) is 16.8 Å². The molecule has 12 heteroatoms. The molecule has 0 aliphatic heterocycles. The zero-order valence-corrected chi connectivity index (χ0v) is 29.5. The quantitative estimate of drug-likeness (QED) is 0.0933. The van der Waals surface area contributed by atoms with E-state index in [4.69, 9.17) is 75.0 Å². The molecule has 1 nitrogen and oxygen atoms in total. The molecule has 2 heterocycles. The Bertz CT molecular complexity index is 720. The normalized spacial score (nSPS) is 10.5. The van der Waals surface area contributed by atoms with Crippen LogP contribution < -0.4 is 0 Å². The number of quaternary nitrogens is 1. The van der Waals surface area contributed by atoms with Crippen LogP contribution >= 0.6 is 69.8 Å². The molecule has 0 amide bonds. The Labute approximate surface area is 266 Å². The first-order valence-electron chi connectivity index (χ1n) is 11.5. The van der Waals surface area contributed by atoms with Crippen molar-refractivity contribution in [1.82, 2.24) is 0 Å². The smallest absolute Gasteiger partial charge is 0.429 e. The Morgan fingerprint density at radius 3 is 0.853 bits per heavy atom. The van der Waals surface area contributed by atoms with Crippen LogP contribution in [0.3, 0.4) is 0 Å². The Hall–Kier alpha value is 1.87. The van der Waals surface area contributed by atoms with Crippen LogP contribution in [0.5, 0.6) is 0 Å². The third-order valence-corrected chi connectivity index (χ3v) is 12.1. The molecule has 0 N–H and O–H groups in total. The number of rotatable bonds is 12. The predicted octanol–water partition coefficient (Wildman–Crippen LogP) is 9.70. The summed E-state index contributed by atoms with van der Waals surface area (Å²) in [6.07, 6.45) is 11.1. The summed E-state index contributed by atoms with van der Waals surface area (Å²) in [5.74, 6) is 0. The van der Waals surface area contributed by atoms with Crippen LogP contribution in [0.4, 0.5) is 0 Å². The Kier molecular flexibility index (Phi) is 25.5. The van der Waals surface area contributed by atoms with Crippen LogP contribution in [-0.4, -0.2) is 30.7 Å². The van der Waals surface area contributed by atoms with E-state index >= 15 is 0 Å². The molecule has 0 spiro atoms. The van der Waals surface area contributed by atoms with E-state index < -0.39 is 0 Å². The summed E-state index contributed by atoms with van der Waals surface area (Å²) in [6.45, 7) is 15.0. The van der Waals surface area contributed by atoms with E-state index in [0.717, 1.165) is 23.1 Å². The molecule has 0 aliphatic rings. The first-order chi connectivity index (χ1) is 15.6. The molecule has 34 heavy (non-hydrogen) atoms. The number of unbranched alkanes of at least 4 members (excludes halogenated alkanes) is 4. The molecule has 2 rings (SSSR count). The van der Waals surface area contributed by atoms with Gasteiger partial charge in [0.05, 0.1) is 26.2 Å². The minimum absolute atomic E-state index is 0. The van der Waals surface area contributed by atoms with E-state index in [1.165, 1.54) is 127 Å². The molecule has 0 atom stereocenters. The third kappa shape index (κ3) is 17.4. The van der Waals surface area contributed by atoms with Gasteiger partial charge in [-0.05, 0) is 32.0 Å². The molecule has 0 fully saturated rings. The van der Waals surface area contributed by atoms with Gasteiger partial charge in [-0.25, -0.2) is 0 Å². The minimum Gasteiger partial charge on any atom is -0.429 e. The van der Waals surface area contributed by atoms with Crippen molar-refractivity contribution < 1.29 is 21.0 Å². The van der Waals surface area contributed by atoms with E-state index in [1.54, 1.807) is 0 Å². The van der Waals surface area contributed by atoms with Crippen molar-refractivity contribution >= 4 is 120 Å². The second kappa shape index (κ2) is 22.8. The second-order valence-electron chi connectivity index (χ2n) is 7.71. The van der Waals surface area contributed by atoms with Gasteiger partial charge in [0.15, 0.2) is 0 Å². The Morgan fingerprint density at radius 1 is 0.529 bits per heavy atom.